The second-order valence-corrected chi connectivity index (χ2v) is 17.6. The lowest BCUT2D eigenvalue weighted by molar-refractivity contribution is -0.163. The van der Waals surface area contributed by atoms with Gasteiger partial charge in [0.15, 0.2) is 5.60 Å². The van der Waals surface area contributed by atoms with Crippen LogP contribution >= 0.6 is 0 Å². The van der Waals surface area contributed by atoms with Crippen molar-refractivity contribution in [2.24, 2.45) is 0 Å². The number of aryl methyl sites for hydroxylation is 1. The second kappa shape index (κ2) is 10.9. The zero-order valence-electron chi connectivity index (χ0n) is 24.3. The number of hydrogen-bond donors (Lipinski definition) is 3. The monoisotopic (exact) mass is 591 g/mol. The summed E-state index contributed by atoms with van der Waals surface area (Å²) >= 11 is 0. The van der Waals surface area contributed by atoms with E-state index in [1.165, 1.54) is 11.1 Å². The highest BCUT2D eigenvalue weighted by molar-refractivity contribution is 6.77. The number of carbonyl (C=O) groups excluding carboxylic acids is 3. The van der Waals surface area contributed by atoms with Crippen molar-refractivity contribution in [1.82, 2.24) is 15.7 Å². The minimum Gasteiger partial charge on any atom is -0.460 e. The highest BCUT2D eigenvalue weighted by Crippen LogP contribution is 2.44. The smallest absolute Gasteiger partial charge is 0.375 e. The van der Waals surface area contributed by atoms with Crippen LogP contribution in [0.4, 0.5) is 0 Å². The Morgan fingerprint density at radius 1 is 1.24 bits per heavy atom. The van der Waals surface area contributed by atoms with Gasteiger partial charge < -0.3 is 29.6 Å². The molecular weight excluding hydrogens is 554 g/mol. The van der Waals surface area contributed by atoms with Crippen LogP contribution in [0.5, 0.6) is 0 Å². The molecule has 0 aromatic heterocycles. The molecule has 10 nitrogen and oxygen atoms in total. The fourth-order valence-electron chi connectivity index (χ4n) is 6.41. The first-order chi connectivity index (χ1) is 20.1. The van der Waals surface area contributed by atoms with Crippen LogP contribution in [0.2, 0.25) is 25.2 Å². The van der Waals surface area contributed by atoms with E-state index >= 15 is 0 Å². The number of Topliss-reactive ketones (excluding diaryl/α,β-unsaturated/α-hetero) is 1. The Kier molecular flexibility index (Phi) is 7.36. The van der Waals surface area contributed by atoms with Crippen LogP contribution in [0.1, 0.15) is 42.9 Å². The van der Waals surface area contributed by atoms with Crippen molar-refractivity contribution in [2.75, 3.05) is 19.8 Å². The molecule has 0 saturated carbocycles. The van der Waals surface area contributed by atoms with E-state index in [2.05, 4.69) is 48.2 Å². The molecule has 0 bridgehead atoms. The van der Waals surface area contributed by atoms with E-state index in [1.807, 2.05) is 4.90 Å². The number of nitrogens with one attached hydrogen (secondary N) is 2. The first-order valence-electron chi connectivity index (χ1n) is 14.7. The third kappa shape index (κ3) is 4.99. The van der Waals surface area contributed by atoms with Crippen molar-refractivity contribution in [3.05, 3.63) is 75.1 Å². The van der Waals surface area contributed by atoms with Crippen LogP contribution in [-0.4, -0.2) is 61.2 Å². The molecule has 0 radical (unpaired) electrons. The van der Waals surface area contributed by atoms with Gasteiger partial charge in [-0.1, -0.05) is 50.3 Å². The molecule has 42 heavy (non-hydrogen) atoms. The molecule has 222 valence electrons. The summed E-state index contributed by atoms with van der Waals surface area (Å²) in [4.78, 5) is 45.2. The number of rotatable bonds is 9. The summed E-state index contributed by atoms with van der Waals surface area (Å²) in [5.41, 5.74) is 6.62. The number of allylic oxidation sites excluding steroid dienone is 2. The Bertz CT molecular complexity index is 1490. The number of aliphatic hydroxyl groups is 1. The Balaban J connectivity index is 1.12. The van der Waals surface area contributed by atoms with Gasteiger partial charge in [0.1, 0.15) is 18.1 Å². The fourth-order valence-corrected chi connectivity index (χ4v) is 8.71. The van der Waals surface area contributed by atoms with Crippen molar-refractivity contribution in [3.63, 3.8) is 0 Å². The number of benzene rings is 1. The Labute approximate surface area is 246 Å². The summed E-state index contributed by atoms with van der Waals surface area (Å²) in [7, 11) is -1.57. The number of ether oxygens (including phenoxy) is 2. The molecule has 0 fully saturated rings. The van der Waals surface area contributed by atoms with E-state index in [0.717, 1.165) is 42.0 Å². The van der Waals surface area contributed by atoms with Gasteiger partial charge in [0.2, 0.25) is 11.5 Å². The minimum absolute atomic E-state index is 0.109. The van der Waals surface area contributed by atoms with E-state index in [1.54, 1.807) is 13.0 Å². The number of hydroxylamine groups is 1. The Morgan fingerprint density at radius 2 is 2.07 bits per heavy atom. The van der Waals surface area contributed by atoms with Crippen LogP contribution in [0.3, 0.4) is 0 Å². The summed E-state index contributed by atoms with van der Waals surface area (Å²) in [5.74, 6) is -0.237. The third-order valence-electron chi connectivity index (χ3n) is 9.00. The zero-order chi connectivity index (χ0) is 29.6. The van der Waals surface area contributed by atoms with Gasteiger partial charge in [-0.3, -0.25) is 4.79 Å². The van der Waals surface area contributed by atoms with Gasteiger partial charge in [-0.2, -0.15) is 5.48 Å². The Hall–Kier alpha value is -3.67. The van der Waals surface area contributed by atoms with Crippen LogP contribution in [0.15, 0.2) is 58.4 Å². The molecule has 0 amide bonds. The summed E-state index contributed by atoms with van der Waals surface area (Å²) in [6.45, 7) is 7.81. The number of carbonyl (C=O) groups is 3. The van der Waals surface area contributed by atoms with Gasteiger partial charge in [-0.25, -0.2) is 9.59 Å². The van der Waals surface area contributed by atoms with E-state index in [-0.39, 0.29) is 24.6 Å². The van der Waals surface area contributed by atoms with Crippen molar-refractivity contribution in [3.8, 4) is 0 Å². The zero-order valence-corrected chi connectivity index (χ0v) is 25.3. The molecule has 1 aromatic carbocycles. The lowest BCUT2D eigenvalue weighted by Gasteiger charge is -2.36. The standard InChI is InChI=1S/C31H37N3O7Si/c1-4-31(38)23-16-24-27(28(35)22(23)18-40-30(31)37)34-17-21-19(7-5-8-20(21)15-26(34)33-24)10-14-42(2,3)13-6-12-39-29(36)25-9-11-32-41-25/h5,7-9,15,32-33,38H,4,6,10-14,16-18H2,1-3H3. The molecule has 0 saturated heterocycles. The molecule has 3 N–H and O–H groups in total. The number of hydrogen-bond acceptors (Lipinski definition) is 10. The van der Waals surface area contributed by atoms with E-state index in [0.29, 0.717) is 43.0 Å². The van der Waals surface area contributed by atoms with E-state index in [4.69, 9.17) is 14.3 Å². The summed E-state index contributed by atoms with van der Waals surface area (Å²) < 4.78 is 10.6. The van der Waals surface area contributed by atoms with Crippen molar-refractivity contribution < 1.29 is 33.8 Å². The van der Waals surface area contributed by atoms with Gasteiger partial charge in [0.05, 0.1) is 19.7 Å². The topological polar surface area (TPSA) is 126 Å². The van der Waals surface area contributed by atoms with Crippen LogP contribution in [0, 0.1) is 0 Å². The molecule has 1 aromatic rings. The van der Waals surface area contributed by atoms with E-state index in [9.17, 15) is 19.5 Å². The average Bonchev–Trinajstić information content (AvgIpc) is 3.64. The number of esters is 2. The molecule has 4 aliphatic heterocycles. The number of cyclic esters (lactones) is 1. The first-order valence-corrected chi connectivity index (χ1v) is 18.1. The van der Waals surface area contributed by atoms with E-state index < -0.39 is 25.6 Å². The molecule has 5 aliphatic rings. The number of fused-ring (bicyclic) bond motifs is 3. The van der Waals surface area contributed by atoms with Crippen molar-refractivity contribution >= 4 is 31.9 Å². The molecule has 1 unspecified atom stereocenters. The SMILES string of the molecule is CCC1(O)C(=O)OCC2=C1CC1=C(C2=O)N2Cc3c(cccc3CC[Si](C)(C)CCCOC(=O)C3=CCNO3)C=C2N1. The second-order valence-electron chi connectivity index (χ2n) is 12.2. The van der Waals surface area contributed by atoms with Crippen LogP contribution in [0.25, 0.3) is 6.08 Å². The summed E-state index contributed by atoms with van der Waals surface area (Å²) in [6, 6.07) is 8.50. The Morgan fingerprint density at radius 3 is 2.83 bits per heavy atom. The largest absolute Gasteiger partial charge is 0.460 e. The first kappa shape index (κ1) is 28.4. The highest BCUT2D eigenvalue weighted by atomic mass is 28.3. The third-order valence-corrected chi connectivity index (χ3v) is 12.3. The predicted octanol–water partition coefficient (Wildman–Crippen LogP) is 3.19. The molecule has 1 aliphatic carbocycles. The van der Waals surface area contributed by atoms with Crippen molar-refractivity contribution in [2.45, 2.75) is 69.9 Å². The number of nitrogens with zero attached hydrogens (tertiary/aromatic N) is 1. The van der Waals surface area contributed by atoms with Gasteiger partial charge >= 0.3 is 11.9 Å². The highest BCUT2D eigenvalue weighted by Gasteiger charge is 2.51. The molecule has 11 heteroatoms. The molecule has 0 spiro atoms. The molecule has 4 heterocycles. The van der Waals surface area contributed by atoms with Gasteiger partial charge in [0, 0.05) is 25.8 Å². The summed E-state index contributed by atoms with van der Waals surface area (Å²) in [6.07, 6.45) is 5.97. The minimum atomic E-state index is -1.77. The molecule has 1 atom stereocenters. The lowest BCUT2D eigenvalue weighted by Crippen LogP contribution is -2.48. The van der Waals surface area contributed by atoms with Gasteiger partial charge in [0.25, 0.3) is 0 Å². The van der Waals surface area contributed by atoms with Gasteiger partial charge in [-0.15, -0.1) is 0 Å². The fraction of sp³-hybridized carbons (Fsp3) is 0.452. The lowest BCUT2D eigenvalue weighted by atomic mass is 9.78. The predicted molar refractivity (Wildman–Crippen MR) is 157 cm³/mol. The van der Waals surface area contributed by atoms with Crippen LogP contribution in [-0.2, 0) is 41.7 Å². The molecule has 6 rings (SSSR count). The normalized spacial score (nSPS) is 22.8. The quantitative estimate of drug-likeness (QED) is 0.224. The maximum Gasteiger partial charge on any atom is 0.375 e. The summed E-state index contributed by atoms with van der Waals surface area (Å²) in [5, 5.41) is 14.5. The van der Waals surface area contributed by atoms with Gasteiger partial charge in [-0.05, 0) is 53.7 Å². The van der Waals surface area contributed by atoms with Crippen LogP contribution < -0.4 is 10.8 Å². The average molecular weight is 592 g/mol. The molecular formula is C31H37N3O7Si. The number of ketones is 1. The maximum absolute atomic E-state index is 13.7. The maximum atomic E-state index is 13.7. The van der Waals surface area contributed by atoms with Crippen molar-refractivity contribution in [1.29, 1.82) is 0 Å².